The Morgan fingerprint density at radius 2 is 2.17 bits per heavy atom. The first-order chi connectivity index (χ1) is 11.0. The number of hydrogen-bond acceptors (Lipinski definition) is 4. The Bertz CT molecular complexity index is 747. The average Bonchev–Trinajstić information content (AvgIpc) is 3.07. The van der Waals surface area contributed by atoms with Crippen LogP contribution in [0.4, 0.5) is 5.00 Å². The molecule has 0 bridgehead atoms. The van der Waals surface area contributed by atoms with Gasteiger partial charge < -0.3 is 10.4 Å². The zero-order chi connectivity index (χ0) is 16.6. The normalized spacial score (nSPS) is 22.9. The second-order valence-electron chi connectivity index (χ2n) is 5.80. The predicted molar refractivity (Wildman–Crippen MR) is 87.5 cm³/mol. The van der Waals surface area contributed by atoms with E-state index in [1.807, 2.05) is 0 Å². The molecule has 0 spiro atoms. The Morgan fingerprint density at radius 1 is 1.39 bits per heavy atom. The van der Waals surface area contributed by atoms with Gasteiger partial charge in [0, 0.05) is 9.91 Å². The fourth-order valence-corrected chi connectivity index (χ4v) is 4.72. The molecule has 7 heteroatoms. The number of nitrogens with one attached hydrogen (secondary N) is 1. The number of aryl methyl sites for hydroxylation is 1. The number of aliphatic carboxylic acids is 1. The Hall–Kier alpha value is -1.84. The van der Waals surface area contributed by atoms with E-state index in [1.54, 1.807) is 6.08 Å². The third-order valence-corrected chi connectivity index (χ3v) is 5.93. The summed E-state index contributed by atoms with van der Waals surface area (Å²) < 4.78 is 0. The highest BCUT2D eigenvalue weighted by Gasteiger charge is 2.37. The van der Waals surface area contributed by atoms with E-state index < -0.39 is 17.8 Å². The van der Waals surface area contributed by atoms with Crippen molar-refractivity contribution in [3.63, 3.8) is 0 Å². The molecule has 120 valence electrons. The van der Waals surface area contributed by atoms with Crippen molar-refractivity contribution in [1.82, 2.24) is 0 Å². The first kappa shape index (κ1) is 16.0. The van der Waals surface area contributed by atoms with Gasteiger partial charge in [-0.25, -0.2) is 0 Å². The van der Waals surface area contributed by atoms with Gasteiger partial charge in [0.05, 0.1) is 17.4 Å². The topological polar surface area (TPSA) is 90.2 Å². The molecule has 0 saturated carbocycles. The minimum atomic E-state index is -1.00. The van der Waals surface area contributed by atoms with Crippen molar-refractivity contribution in [1.29, 1.82) is 5.26 Å². The van der Waals surface area contributed by atoms with Crippen LogP contribution in [0, 0.1) is 23.2 Å². The van der Waals surface area contributed by atoms with Gasteiger partial charge in [-0.3, -0.25) is 9.59 Å². The van der Waals surface area contributed by atoms with Gasteiger partial charge in [-0.2, -0.15) is 5.26 Å². The van der Waals surface area contributed by atoms with Crippen LogP contribution in [0.15, 0.2) is 11.1 Å². The lowest BCUT2D eigenvalue weighted by Gasteiger charge is -2.25. The minimum Gasteiger partial charge on any atom is -0.481 e. The molecule has 0 unspecified atom stereocenters. The lowest BCUT2D eigenvalue weighted by molar-refractivity contribution is -0.146. The summed E-state index contributed by atoms with van der Waals surface area (Å²) in [4.78, 5) is 25.1. The zero-order valence-corrected chi connectivity index (χ0v) is 13.8. The first-order valence-electron chi connectivity index (χ1n) is 7.44. The molecule has 0 saturated heterocycles. The summed E-state index contributed by atoms with van der Waals surface area (Å²) in [5, 5.41) is 22.5. The summed E-state index contributed by atoms with van der Waals surface area (Å²) >= 11 is 7.41. The van der Waals surface area contributed by atoms with Crippen LogP contribution < -0.4 is 5.32 Å². The standard InChI is InChI=1S/C16H15ClN2O3S/c17-8-4-5-10(16(21)22)11(6-8)14(20)19-15-12(7-18)9-2-1-3-13(9)23-15/h4,10-11H,1-3,5-6H2,(H,19,20)(H,21,22)/t10-,11-/m0/s1. The monoisotopic (exact) mass is 350 g/mol. The maximum Gasteiger partial charge on any atom is 0.307 e. The summed E-state index contributed by atoms with van der Waals surface area (Å²) in [6, 6.07) is 2.17. The molecule has 1 aromatic rings. The number of amides is 1. The summed E-state index contributed by atoms with van der Waals surface area (Å²) in [6.07, 6.45) is 4.95. The molecule has 0 radical (unpaired) electrons. The maximum atomic E-state index is 12.6. The van der Waals surface area contributed by atoms with Crippen LogP contribution in [0.3, 0.4) is 0 Å². The van der Waals surface area contributed by atoms with Crippen LogP contribution in [-0.2, 0) is 22.4 Å². The van der Waals surface area contributed by atoms with Crippen molar-refractivity contribution in [2.24, 2.45) is 11.8 Å². The Morgan fingerprint density at radius 3 is 2.87 bits per heavy atom. The highest BCUT2D eigenvalue weighted by atomic mass is 35.5. The molecule has 2 atom stereocenters. The Balaban J connectivity index is 1.83. The highest BCUT2D eigenvalue weighted by Crippen LogP contribution is 2.40. The van der Waals surface area contributed by atoms with Crippen molar-refractivity contribution < 1.29 is 14.7 Å². The molecule has 3 rings (SSSR count). The summed E-state index contributed by atoms with van der Waals surface area (Å²) in [6.45, 7) is 0. The molecule has 0 aliphatic heterocycles. The number of anilines is 1. The number of halogens is 1. The maximum absolute atomic E-state index is 12.6. The fraction of sp³-hybridized carbons (Fsp3) is 0.438. The second-order valence-corrected chi connectivity index (χ2v) is 7.40. The van der Waals surface area contributed by atoms with Gasteiger partial charge in [0.2, 0.25) is 5.91 Å². The van der Waals surface area contributed by atoms with Gasteiger partial charge in [-0.05, 0) is 37.7 Å². The number of carboxylic acids is 1. The SMILES string of the molecule is N#Cc1c(NC(=O)[C@H]2CC(Cl)=CC[C@@H]2C(=O)O)sc2c1CCC2. The lowest BCUT2D eigenvalue weighted by Crippen LogP contribution is -2.35. The second kappa shape index (κ2) is 6.34. The van der Waals surface area contributed by atoms with E-state index in [2.05, 4.69) is 11.4 Å². The molecule has 2 aliphatic carbocycles. The number of allylic oxidation sites excluding steroid dienone is 2. The first-order valence-corrected chi connectivity index (χ1v) is 8.63. The number of carboxylic acid groups (broad SMARTS) is 1. The highest BCUT2D eigenvalue weighted by molar-refractivity contribution is 7.16. The molecule has 0 aromatic carbocycles. The molecule has 2 N–H and O–H groups in total. The number of thiophene rings is 1. The van der Waals surface area contributed by atoms with Gasteiger partial charge in [-0.1, -0.05) is 17.7 Å². The molecule has 1 aromatic heterocycles. The Labute approximate surface area is 142 Å². The minimum absolute atomic E-state index is 0.220. The molecule has 5 nitrogen and oxygen atoms in total. The van der Waals surface area contributed by atoms with Crippen LogP contribution in [0.2, 0.25) is 0 Å². The fourth-order valence-electron chi connectivity index (χ4n) is 3.22. The van der Waals surface area contributed by atoms with E-state index in [4.69, 9.17) is 11.6 Å². The number of rotatable bonds is 3. The van der Waals surface area contributed by atoms with Crippen LogP contribution in [0.25, 0.3) is 0 Å². The lowest BCUT2D eigenvalue weighted by atomic mass is 9.82. The quantitative estimate of drug-likeness (QED) is 0.875. The van der Waals surface area contributed by atoms with Crippen molar-refractivity contribution in [2.45, 2.75) is 32.1 Å². The van der Waals surface area contributed by atoms with Crippen LogP contribution in [-0.4, -0.2) is 17.0 Å². The number of hydrogen-bond donors (Lipinski definition) is 2. The third-order valence-electron chi connectivity index (χ3n) is 4.42. The number of carbonyl (C=O) groups excluding carboxylic acids is 1. The van der Waals surface area contributed by atoms with Crippen molar-refractivity contribution in [3.8, 4) is 6.07 Å². The van der Waals surface area contributed by atoms with Crippen LogP contribution >= 0.6 is 22.9 Å². The largest absolute Gasteiger partial charge is 0.481 e. The van der Waals surface area contributed by atoms with Crippen LogP contribution in [0.5, 0.6) is 0 Å². The number of fused-ring (bicyclic) bond motifs is 1. The van der Waals surface area contributed by atoms with E-state index in [1.165, 1.54) is 11.3 Å². The molecular weight excluding hydrogens is 336 g/mol. The molecule has 1 amide bonds. The Kier molecular flexibility index (Phi) is 4.42. The average molecular weight is 351 g/mol. The smallest absolute Gasteiger partial charge is 0.307 e. The van der Waals surface area contributed by atoms with Gasteiger partial charge in [-0.15, -0.1) is 11.3 Å². The van der Waals surface area contributed by atoms with Crippen LogP contribution in [0.1, 0.15) is 35.3 Å². The number of nitriles is 1. The van der Waals surface area contributed by atoms with Gasteiger partial charge in [0.25, 0.3) is 0 Å². The van der Waals surface area contributed by atoms with Crippen molar-refractivity contribution >= 4 is 39.8 Å². The summed E-state index contributed by atoms with van der Waals surface area (Å²) in [5.74, 6) is -2.87. The summed E-state index contributed by atoms with van der Waals surface area (Å²) in [7, 11) is 0. The summed E-state index contributed by atoms with van der Waals surface area (Å²) in [5.41, 5.74) is 1.56. The van der Waals surface area contributed by atoms with E-state index in [0.717, 1.165) is 29.7 Å². The number of nitrogens with zero attached hydrogens (tertiary/aromatic N) is 1. The third kappa shape index (κ3) is 2.99. The van der Waals surface area contributed by atoms with Gasteiger partial charge >= 0.3 is 5.97 Å². The van der Waals surface area contributed by atoms with Crippen molar-refractivity contribution in [2.75, 3.05) is 5.32 Å². The number of carbonyl (C=O) groups is 2. The van der Waals surface area contributed by atoms with E-state index in [9.17, 15) is 20.0 Å². The van der Waals surface area contributed by atoms with E-state index in [-0.39, 0.29) is 18.7 Å². The predicted octanol–water partition coefficient (Wildman–Crippen LogP) is 3.28. The molecular formula is C16H15ClN2O3S. The van der Waals surface area contributed by atoms with E-state index in [0.29, 0.717) is 15.6 Å². The molecule has 0 fully saturated rings. The molecule has 23 heavy (non-hydrogen) atoms. The molecule has 1 heterocycles. The molecule has 2 aliphatic rings. The van der Waals surface area contributed by atoms with Crippen molar-refractivity contribution in [3.05, 3.63) is 27.1 Å². The zero-order valence-electron chi connectivity index (χ0n) is 12.3. The van der Waals surface area contributed by atoms with E-state index >= 15 is 0 Å². The van der Waals surface area contributed by atoms with Gasteiger partial charge in [0.15, 0.2) is 0 Å². The van der Waals surface area contributed by atoms with Gasteiger partial charge in [0.1, 0.15) is 11.1 Å².